The monoisotopic (exact) mass is 225 g/mol. The van der Waals surface area contributed by atoms with Crippen LogP contribution < -0.4 is 10.5 Å². The van der Waals surface area contributed by atoms with Gasteiger partial charge in [-0.2, -0.15) is 0 Å². The Hall–Kier alpha value is -0.730. The fourth-order valence-electron chi connectivity index (χ4n) is 1.57. The molecular formula is C12H16ClNO. The highest BCUT2D eigenvalue weighted by molar-refractivity contribution is 6.30. The number of halogens is 1. The van der Waals surface area contributed by atoms with E-state index in [1.165, 1.54) is 12.8 Å². The average Bonchev–Trinajstić information content (AvgIpc) is 3.02. The van der Waals surface area contributed by atoms with Crippen molar-refractivity contribution in [3.05, 3.63) is 28.8 Å². The number of hydrogen-bond acceptors (Lipinski definition) is 2. The summed E-state index contributed by atoms with van der Waals surface area (Å²) in [6.45, 7) is 1.27. The summed E-state index contributed by atoms with van der Waals surface area (Å²) < 4.78 is 5.70. The van der Waals surface area contributed by atoms with Crippen LogP contribution in [0.2, 0.25) is 5.02 Å². The van der Waals surface area contributed by atoms with Crippen molar-refractivity contribution in [1.29, 1.82) is 0 Å². The first kappa shape index (κ1) is 10.8. The van der Waals surface area contributed by atoms with Crippen LogP contribution in [0.15, 0.2) is 18.2 Å². The van der Waals surface area contributed by atoms with Gasteiger partial charge in [0.05, 0.1) is 6.61 Å². The van der Waals surface area contributed by atoms with Crippen molar-refractivity contribution in [3.63, 3.8) is 0 Å². The number of nitrogens with two attached hydrogens (primary N) is 1. The van der Waals surface area contributed by atoms with Gasteiger partial charge in [-0.15, -0.1) is 0 Å². The van der Waals surface area contributed by atoms with Crippen LogP contribution in [-0.2, 0) is 6.54 Å². The van der Waals surface area contributed by atoms with Gasteiger partial charge in [-0.1, -0.05) is 30.5 Å². The predicted octanol–water partition coefficient (Wildman–Crippen LogP) is 2.98. The quantitative estimate of drug-likeness (QED) is 0.836. The molecule has 0 amide bonds. The molecule has 1 fully saturated rings. The van der Waals surface area contributed by atoms with E-state index in [1.807, 2.05) is 18.2 Å². The molecule has 1 aromatic carbocycles. The minimum atomic E-state index is 0.496. The van der Waals surface area contributed by atoms with Crippen molar-refractivity contribution in [2.75, 3.05) is 6.61 Å². The van der Waals surface area contributed by atoms with Gasteiger partial charge in [0.1, 0.15) is 5.75 Å². The molecule has 1 saturated carbocycles. The molecule has 0 bridgehead atoms. The average molecular weight is 226 g/mol. The van der Waals surface area contributed by atoms with E-state index in [0.29, 0.717) is 11.6 Å². The molecule has 1 aromatic rings. The van der Waals surface area contributed by atoms with Crippen molar-refractivity contribution in [2.45, 2.75) is 25.8 Å². The van der Waals surface area contributed by atoms with Gasteiger partial charge < -0.3 is 10.5 Å². The zero-order valence-electron chi connectivity index (χ0n) is 8.71. The maximum absolute atomic E-state index is 5.91. The molecule has 2 nitrogen and oxygen atoms in total. The summed E-state index contributed by atoms with van der Waals surface area (Å²) in [6.07, 6.45) is 3.88. The lowest BCUT2D eigenvalue weighted by atomic mass is 10.2. The summed E-state index contributed by atoms with van der Waals surface area (Å²) in [4.78, 5) is 0. The van der Waals surface area contributed by atoms with Gasteiger partial charge in [0, 0.05) is 17.1 Å². The van der Waals surface area contributed by atoms with Crippen LogP contribution >= 0.6 is 11.6 Å². The third kappa shape index (κ3) is 3.11. The Kier molecular flexibility index (Phi) is 3.49. The molecule has 0 heterocycles. The second-order valence-electron chi connectivity index (χ2n) is 4.04. The third-order valence-electron chi connectivity index (χ3n) is 2.73. The Morgan fingerprint density at radius 3 is 2.87 bits per heavy atom. The summed E-state index contributed by atoms with van der Waals surface area (Å²) in [7, 11) is 0. The van der Waals surface area contributed by atoms with E-state index >= 15 is 0 Å². The first-order valence-corrected chi connectivity index (χ1v) is 5.78. The Morgan fingerprint density at radius 2 is 2.20 bits per heavy atom. The standard InChI is InChI=1S/C12H16ClNO/c13-11-4-3-10(8-14)12(7-11)15-6-5-9-1-2-9/h3-4,7,9H,1-2,5-6,8,14H2. The van der Waals surface area contributed by atoms with Crippen molar-refractivity contribution < 1.29 is 4.74 Å². The molecule has 0 aliphatic heterocycles. The molecule has 15 heavy (non-hydrogen) atoms. The zero-order chi connectivity index (χ0) is 10.7. The van der Waals surface area contributed by atoms with Gasteiger partial charge in [0.2, 0.25) is 0 Å². The van der Waals surface area contributed by atoms with E-state index in [0.717, 1.165) is 30.3 Å². The van der Waals surface area contributed by atoms with Crippen molar-refractivity contribution in [3.8, 4) is 5.75 Å². The highest BCUT2D eigenvalue weighted by Crippen LogP contribution is 2.32. The van der Waals surface area contributed by atoms with Gasteiger partial charge >= 0.3 is 0 Å². The molecule has 1 aliphatic carbocycles. The molecule has 0 atom stereocenters. The summed E-state index contributed by atoms with van der Waals surface area (Å²) in [5.41, 5.74) is 6.64. The molecule has 0 aromatic heterocycles. The summed E-state index contributed by atoms with van der Waals surface area (Å²) >= 11 is 5.91. The van der Waals surface area contributed by atoms with E-state index in [1.54, 1.807) is 0 Å². The molecule has 0 radical (unpaired) electrons. The number of rotatable bonds is 5. The van der Waals surface area contributed by atoms with E-state index in [9.17, 15) is 0 Å². The molecule has 1 aliphatic rings. The second kappa shape index (κ2) is 4.86. The van der Waals surface area contributed by atoms with Crippen LogP contribution in [0.5, 0.6) is 5.75 Å². The summed E-state index contributed by atoms with van der Waals surface area (Å²) in [5, 5.41) is 0.702. The maximum atomic E-state index is 5.91. The summed E-state index contributed by atoms with van der Waals surface area (Å²) in [5.74, 6) is 1.73. The first-order chi connectivity index (χ1) is 7.29. The Bertz CT molecular complexity index is 336. The van der Waals surface area contributed by atoms with Gasteiger partial charge in [0.15, 0.2) is 0 Å². The van der Waals surface area contributed by atoms with Crippen LogP contribution in [0.3, 0.4) is 0 Å². The Balaban J connectivity index is 1.94. The molecule has 0 spiro atoms. The predicted molar refractivity (Wildman–Crippen MR) is 62.2 cm³/mol. The molecule has 2 rings (SSSR count). The van der Waals surface area contributed by atoms with E-state index in [4.69, 9.17) is 22.1 Å². The fourth-order valence-corrected chi connectivity index (χ4v) is 1.74. The van der Waals surface area contributed by atoms with Crippen LogP contribution in [0.1, 0.15) is 24.8 Å². The largest absolute Gasteiger partial charge is 0.493 e. The first-order valence-electron chi connectivity index (χ1n) is 5.41. The lowest BCUT2D eigenvalue weighted by Crippen LogP contribution is -2.04. The van der Waals surface area contributed by atoms with Crippen molar-refractivity contribution >= 4 is 11.6 Å². The highest BCUT2D eigenvalue weighted by atomic mass is 35.5. The molecule has 0 saturated heterocycles. The van der Waals surface area contributed by atoms with Crippen LogP contribution in [-0.4, -0.2) is 6.61 Å². The normalized spacial score (nSPS) is 15.3. The SMILES string of the molecule is NCc1ccc(Cl)cc1OCCC1CC1. The van der Waals surface area contributed by atoms with E-state index in [-0.39, 0.29) is 0 Å². The molecule has 82 valence electrons. The van der Waals surface area contributed by atoms with Gasteiger partial charge in [0.25, 0.3) is 0 Å². The fraction of sp³-hybridized carbons (Fsp3) is 0.500. The third-order valence-corrected chi connectivity index (χ3v) is 2.96. The van der Waals surface area contributed by atoms with Crippen molar-refractivity contribution in [2.24, 2.45) is 11.7 Å². The van der Waals surface area contributed by atoms with E-state index in [2.05, 4.69) is 0 Å². The second-order valence-corrected chi connectivity index (χ2v) is 4.47. The minimum absolute atomic E-state index is 0.496. The lowest BCUT2D eigenvalue weighted by Gasteiger charge is -2.10. The number of ether oxygens (including phenoxy) is 1. The smallest absolute Gasteiger partial charge is 0.125 e. The van der Waals surface area contributed by atoms with E-state index < -0.39 is 0 Å². The Labute approximate surface area is 95.4 Å². The summed E-state index contributed by atoms with van der Waals surface area (Å²) in [6, 6.07) is 5.61. The lowest BCUT2D eigenvalue weighted by molar-refractivity contribution is 0.299. The minimum Gasteiger partial charge on any atom is -0.493 e. The maximum Gasteiger partial charge on any atom is 0.125 e. The number of hydrogen-bond donors (Lipinski definition) is 1. The molecular weight excluding hydrogens is 210 g/mol. The number of benzene rings is 1. The van der Waals surface area contributed by atoms with Crippen molar-refractivity contribution in [1.82, 2.24) is 0 Å². The molecule has 3 heteroatoms. The van der Waals surface area contributed by atoms with Gasteiger partial charge in [-0.05, 0) is 24.5 Å². The molecule has 0 unspecified atom stereocenters. The highest BCUT2D eigenvalue weighted by Gasteiger charge is 2.20. The topological polar surface area (TPSA) is 35.2 Å². The Morgan fingerprint density at radius 1 is 1.40 bits per heavy atom. The van der Waals surface area contributed by atoms with Crippen LogP contribution in [0.25, 0.3) is 0 Å². The van der Waals surface area contributed by atoms with Crippen LogP contribution in [0.4, 0.5) is 0 Å². The molecule has 2 N–H and O–H groups in total. The van der Waals surface area contributed by atoms with Crippen LogP contribution in [0, 0.1) is 5.92 Å². The zero-order valence-corrected chi connectivity index (χ0v) is 9.46. The van der Waals surface area contributed by atoms with Gasteiger partial charge in [-0.3, -0.25) is 0 Å². The van der Waals surface area contributed by atoms with Gasteiger partial charge in [-0.25, -0.2) is 0 Å².